The van der Waals surface area contributed by atoms with E-state index in [1.54, 1.807) is 68.4 Å². The zero-order chi connectivity index (χ0) is 35.9. The Morgan fingerprint density at radius 2 is 1.90 bits per heavy atom. The van der Waals surface area contributed by atoms with Crippen LogP contribution in [0.25, 0.3) is 21.2 Å². The summed E-state index contributed by atoms with van der Waals surface area (Å²) in [4.78, 5) is 38.5. The van der Waals surface area contributed by atoms with Gasteiger partial charge in [0, 0.05) is 31.1 Å². The van der Waals surface area contributed by atoms with Crippen LogP contribution in [0, 0.1) is 5.92 Å². The van der Waals surface area contributed by atoms with Crippen LogP contribution in [-0.4, -0.2) is 70.4 Å². The fraction of sp³-hybridized carbons (Fsp3) is 0.333. The summed E-state index contributed by atoms with van der Waals surface area (Å²) in [6.07, 6.45) is 0.136. The molecule has 2 N–H and O–H groups in total. The second kappa shape index (κ2) is 15.6. The Kier molecular flexibility index (Phi) is 11.3. The second-order valence-electron chi connectivity index (χ2n) is 11.8. The predicted octanol–water partition coefficient (Wildman–Crippen LogP) is 5.08. The van der Waals surface area contributed by atoms with E-state index in [0.717, 1.165) is 20.9 Å². The highest BCUT2D eigenvalue weighted by atomic mass is 31.2. The molecule has 0 radical (unpaired) electrons. The van der Waals surface area contributed by atoms with Gasteiger partial charge in [0.05, 0.1) is 19.0 Å². The van der Waals surface area contributed by atoms with Gasteiger partial charge < -0.3 is 24.0 Å². The first-order chi connectivity index (χ1) is 23.9. The molecule has 17 heteroatoms. The number of hydrogen-bond donors (Lipinski definition) is 2. The number of nitrogens with one attached hydrogen (secondary N) is 1. The van der Waals surface area contributed by atoms with Gasteiger partial charge in [-0.25, -0.2) is 14.4 Å². The van der Waals surface area contributed by atoms with Crippen molar-refractivity contribution < 1.29 is 33.0 Å². The third-order valence-corrected chi connectivity index (χ3v) is 9.40. The van der Waals surface area contributed by atoms with Gasteiger partial charge in [-0.15, -0.1) is 0 Å². The summed E-state index contributed by atoms with van der Waals surface area (Å²) >= 11 is 0. The summed E-state index contributed by atoms with van der Waals surface area (Å²) in [6.45, 7) is 2.15. The lowest BCUT2D eigenvalue weighted by atomic mass is 9.98. The summed E-state index contributed by atoms with van der Waals surface area (Å²) < 4.78 is 38.7. The van der Waals surface area contributed by atoms with Crippen molar-refractivity contribution in [2.75, 3.05) is 20.7 Å². The summed E-state index contributed by atoms with van der Waals surface area (Å²) in [5, 5.41) is 19.3. The lowest BCUT2D eigenvalue weighted by molar-refractivity contribution is -0.146. The maximum absolute atomic E-state index is 14.4. The van der Waals surface area contributed by atoms with Crippen LogP contribution >= 0.6 is 7.75 Å². The molecule has 50 heavy (non-hydrogen) atoms. The standard InChI is InChI=1S/C33H37N8O8P/c1-22-29(42)33(38-39-34,48-30(22)41-17-16-28(36-32(41)44)35-21-40(3)4)20-47-50(45,49-27-15-14-25-12-8-9-13-26(25)18-27)37-23(2)31(43)46-19-24-10-6-5-7-11-24/h5-18,21-23,29-30,42H,19-20H2,1-4H3,(H,37,45)/t22-,23+,29-,30+,33+,50?/m1/s1. The Labute approximate surface area is 287 Å². The average molecular weight is 705 g/mol. The van der Waals surface area contributed by atoms with Gasteiger partial charge in [-0.05, 0) is 47.0 Å². The van der Waals surface area contributed by atoms with Crippen molar-refractivity contribution in [3.05, 3.63) is 112 Å². The Bertz CT molecular complexity index is 2000. The zero-order valence-electron chi connectivity index (χ0n) is 27.8. The zero-order valence-corrected chi connectivity index (χ0v) is 28.7. The Balaban J connectivity index is 1.40. The summed E-state index contributed by atoms with van der Waals surface area (Å²) in [6, 6.07) is 21.7. The molecule has 5 rings (SSSR count). The molecule has 0 amide bonds. The topological polar surface area (TPSA) is 203 Å². The Morgan fingerprint density at radius 3 is 2.60 bits per heavy atom. The lowest BCUT2D eigenvalue weighted by Crippen LogP contribution is -2.44. The van der Waals surface area contributed by atoms with Crippen molar-refractivity contribution in [2.45, 2.75) is 44.6 Å². The molecule has 1 aliphatic heterocycles. The van der Waals surface area contributed by atoms with Crippen molar-refractivity contribution in [3.8, 4) is 5.75 Å². The number of hydrogen-bond acceptors (Lipinski definition) is 11. The molecule has 0 aliphatic carbocycles. The monoisotopic (exact) mass is 704 g/mol. The molecule has 6 atom stereocenters. The number of aliphatic hydroxyl groups is 1. The minimum atomic E-state index is -4.54. The van der Waals surface area contributed by atoms with E-state index < -0.39 is 56.0 Å². The number of benzene rings is 3. The van der Waals surface area contributed by atoms with Crippen LogP contribution in [0.3, 0.4) is 0 Å². The number of carbonyl (C=O) groups excluding carboxylic acids is 1. The second-order valence-corrected chi connectivity index (χ2v) is 13.5. The van der Waals surface area contributed by atoms with Crippen LogP contribution in [0.15, 0.2) is 100.0 Å². The first-order valence-corrected chi connectivity index (χ1v) is 17.1. The highest BCUT2D eigenvalue weighted by Crippen LogP contribution is 2.49. The fourth-order valence-corrected chi connectivity index (χ4v) is 6.69. The van der Waals surface area contributed by atoms with Crippen molar-refractivity contribution in [3.63, 3.8) is 0 Å². The third-order valence-electron chi connectivity index (χ3n) is 7.78. The van der Waals surface area contributed by atoms with Crippen LogP contribution in [0.4, 0.5) is 5.82 Å². The molecule has 1 fully saturated rings. The molecule has 0 spiro atoms. The molecule has 3 aromatic carbocycles. The molecular formula is C33H37N8O8P. The number of fused-ring (bicyclic) bond motifs is 1. The van der Waals surface area contributed by atoms with E-state index in [0.29, 0.717) is 0 Å². The van der Waals surface area contributed by atoms with Crippen molar-refractivity contribution >= 4 is 36.6 Å². The van der Waals surface area contributed by atoms with Crippen LogP contribution in [0.1, 0.15) is 25.6 Å². The molecular weight excluding hydrogens is 667 g/mol. The third kappa shape index (κ3) is 8.55. The van der Waals surface area contributed by atoms with Crippen molar-refractivity contribution in [1.82, 2.24) is 19.5 Å². The SMILES string of the molecule is C[C@@H]1[C@@H](O)[C@@](COP(=O)(N[C@@H](C)C(=O)OCc2ccccc2)Oc2ccc3ccccc3c2)(N=[N+]=[N-])O[C@@H]1n1ccc(N=CN(C)C)nc1=O. The smallest absolute Gasteiger partial charge is 0.459 e. The summed E-state index contributed by atoms with van der Waals surface area (Å²) in [5.41, 5.74) is 7.35. The molecule has 1 aromatic heterocycles. The Hall–Kier alpha value is -5.08. The molecule has 16 nitrogen and oxygen atoms in total. The van der Waals surface area contributed by atoms with Gasteiger partial charge in [0.1, 0.15) is 24.6 Å². The number of carbonyl (C=O) groups is 1. The first kappa shape index (κ1) is 36.2. The van der Waals surface area contributed by atoms with Crippen LogP contribution in [0.5, 0.6) is 5.75 Å². The number of nitrogens with zero attached hydrogens (tertiary/aromatic N) is 7. The first-order valence-electron chi connectivity index (χ1n) is 15.6. The van der Waals surface area contributed by atoms with E-state index in [-0.39, 0.29) is 18.2 Å². The van der Waals surface area contributed by atoms with Crippen molar-refractivity contribution in [2.24, 2.45) is 16.0 Å². The maximum atomic E-state index is 14.4. The highest BCUT2D eigenvalue weighted by Gasteiger charge is 2.55. The normalized spacial score (nSPS) is 22.1. The van der Waals surface area contributed by atoms with Gasteiger partial charge in [-0.2, -0.15) is 10.1 Å². The van der Waals surface area contributed by atoms with Crippen molar-refractivity contribution in [1.29, 1.82) is 0 Å². The van der Waals surface area contributed by atoms with E-state index >= 15 is 0 Å². The molecule has 1 unspecified atom stereocenters. The molecule has 2 heterocycles. The minimum absolute atomic E-state index is 0.0289. The summed E-state index contributed by atoms with van der Waals surface area (Å²) in [7, 11) is -1.02. The van der Waals surface area contributed by atoms with Crippen LogP contribution in [0.2, 0.25) is 0 Å². The Morgan fingerprint density at radius 1 is 1.18 bits per heavy atom. The van der Waals surface area contributed by atoms with E-state index in [2.05, 4.69) is 25.1 Å². The van der Waals surface area contributed by atoms with Crippen LogP contribution in [-0.2, 0) is 30.0 Å². The maximum Gasteiger partial charge on any atom is 0.459 e. The number of aliphatic imine (C=N–C) groups is 1. The number of azide groups is 1. The van der Waals surface area contributed by atoms with E-state index in [9.17, 15) is 24.8 Å². The summed E-state index contributed by atoms with van der Waals surface area (Å²) in [5.74, 6) is -1.32. The number of aromatic nitrogens is 2. The van der Waals surface area contributed by atoms with Gasteiger partial charge in [0.25, 0.3) is 0 Å². The number of aliphatic hydroxyl groups excluding tert-OH is 1. The van der Waals surface area contributed by atoms with Gasteiger partial charge in [-0.3, -0.25) is 13.9 Å². The van der Waals surface area contributed by atoms with Gasteiger partial charge >= 0.3 is 19.4 Å². The largest absolute Gasteiger partial charge is 0.460 e. The van der Waals surface area contributed by atoms with E-state index in [1.807, 2.05) is 30.3 Å². The molecule has 4 aromatic rings. The molecule has 262 valence electrons. The molecule has 0 saturated carbocycles. The van der Waals surface area contributed by atoms with E-state index in [1.165, 1.54) is 25.5 Å². The fourth-order valence-electron chi connectivity index (χ4n) is 5.19. The molecule has 1 aliphatic rings. The molecule has 1 saturated heterocycles. The average Bonchev–Trinajstić information content (AvgIpc) is 3.34. The predicted molar refractivity (Wildman–Crippen MR) is 184 cm³/mol. The number of esters is 1. The number of rotatable bonds is 14. The lowest BCUT2D eigenvalue weighted by Gasteiger charge is -2.30. The quantitative estimate of drug-likeness (QED) is 0.0337. The minimum Gasteiger partial charge on any atom is -0.460 e. The van der Waals surface area contributed by atoms with E-state index in [4.69, 9.17) is 18.5 Å². The highest BCUT2D eigenvalue weighted by molar-refractivity contribution is 7.52. The number of ether oxygens (including phenoxy) is 2. The van der Waals surface area contributed by atoms with Gasteiger partial charge in [-0.1, -0.05) is 72.7 Å². The molecule has 0 bridgehead atoms. The van der Waals surface area contributed by atoms with Gasteiger partial charge in [0.15, 0.2) is 11.5 Å². The van der Waals surface area contributed by atoms with Crippen LogP contribution < -0.4 is 15.3 Å². The van der Waals surface area contributed by atoms with Gasteiger partial charge in [0.2, 0.25) is 0 Å².